The predicted octanol–water partition coefficient (Wildman–Crippen LogP) is 3.13. The largest absolute Gasteiger partial charge is 0.497 e. The number of hydrogen-bond acceptors (Lipinski definition) is 7. The lowest BCUT2D eigenvalue weighted by Gasteiger charge is -2.06. The maximum atomic E-state index is 12.2. The number of hydrogen-bond donors (Lipinski definition) is 1. The number of thioether (sulfide) groups is 1. The highest BCUT2D eigenvalue weighted by Crippen LogP contribution is 2.25. The molecule has 0 spiro atoms. The van der Waals surface area contributed by atoms with Crippen LogP contribution in [-0.2, 0) is 11.8 Å². The van der Waals surface area contributed by atoms with E-state index in [0.29, 0.717) is 28.0 Å². The van der Waals surface area contributed by atoms with Gasteiger partial charge in [-0.25, -0.2) is 0 Å². The van der Waals surface area contributed by atoms with Crippen LogP contribution in [0.25, 0.3) is 11.4 Å². The van der Waals surface area contributed by atoms with E-state index in [4.69, 9.17) is 4.74 Å². The number of nitrogens with zero attached hydrogens (tertiary/aromatic N) is 4. The van der Waals surface area contributed by atoms with Crippen LogP contribution in [0.15, 0.2) is 53.7 Å². The van der Waals surface area contributed by atoms with E-state index in [1.165, 1.54) is 23.9 Å². The highest BCUT2D eigenvalue weighted by atomic mass is 32.2. The number of anilines is 1. The molecule has 0 fully saturated rings. The van der Waals surface area contributed by atoms with Gasteiger partial charge in [0.15, 0.2) is 11.0 Å². The first-order chi connectivity index (χ1) is 13.5. The second kappa shape index (κ2) is 8.53. The van der Waals surface area contributed by atoms with Gasteiger partial charge in [0.25, 0.3) is 5.69 Å². The molecule has 0 atom stereocenters. The smallest absolute Gasteiger partial charge is 0.270 e. The van der Waals surface area contributed by atoms with Gasteiger partial charge >= 0.3 is 0 Å². The number of carbonyl (C=O) groups is 1. The van der Waals surface area contributed by atoms with Gasteiger partial charge < -0.3 is 14.6 Å². The van der Waals surface area contributed by atoms with Crippen molar-refractivity contribution in [2.45, 2.75) is 5.16 Å². The summed E-state index contributed by atoms with van der Waals surface area (Å²) in [6, 6.07) is 13.2. The Morgan fingerprint density at radius 3 is 2.68 bits per heavy atom. The van der Waals surface area contributed by atoms with Crippen LogP contribution in [0, 0.1) is 10.1 Å². The third kappa shape index (κ3) is 4.46. The van der Waals surface area contributed by atoms with Crippen LogP contribution in [0.3, 0.4) is 0 Å². The molecule has 0 saturated heterocycles. The average Bonchev–Trinajstić information content (AvgIpc) is 3.07. The Balaban J connectivity index is 1.64. The van der Waals surface area contributed by atoms with Crippen LogP contribution in [0.5, 0.6) is 5.75 Å². The molecule has 28 heavy (non-hydrogen) atoms. The highest BCUT2D eigenvalue weighted by Gasteiger charge is 2.15. The monoisotopic (exact) mass is 399 g/mol. The minimum absolute atomic E-state index is 0.0198. The SMILES string of the molecule is COc1ccc(NC(=O)CSc2nnc(-c3cccc([N+](=O)[O-])c3)n2C)cc1. The Morgan fingerprint density at radius 2 is 2.00 bits per heavy atom. The fourth-order valence-corrected chi connectivity index (χ4v) is 3.16. The van der Waals surface area contributed by atoms with Gasteiger partial charge in [-0.3, -0.25) is 14.9 Å². The fraction of sp³-hybridized carbons (Fsp3) is 0.167. The molecule has 3 rings (SSSR count). The second-order valence-corrected chi connectivity index (χ2v) is 6.68. The first kappa shape index (κ1) is 19.4. The zero-order chi connectivity index (χ0) is 20.1. The molecule has 0 saturated carbocycles. The zero-order valence-electron chi connectivity index (χ0n) is 15.2. The van der Waals surface area contributed by atoms with E-state index in [1.54, 1.807) is 55.1 Å². The first-order valence-corrected chi connectivity index (χ1v) is 9.17. The molecule has 1 heterocycles. The van der Waals surface area contributed by atoms with Crippen molar-refractivity contribution in [1.82, 2.24) is 14.8 Å². The molecule has 1 amide bonds. The van der Waals surface area contributed by atoms with Crippen LogP contribution < -0.4 is 10.1 Å². The lowest BCUT2D eigenvalue weighted by molar-refractivity contribution is -0.384. The molecule has 0 aliphatic heterocycles. The van der Waals surface area contributed by atoms with Gasteiger partial charge in [0, 0.05) is 30.4 Å². The van der Waals surface area contributed by atoms with Gasteiger partial charge in [-0.2, -0.15) is 0 Å². The molecule has 144 valence electrons. The molecule has 1 N–H and O–H groups in total. The molecule has 0 bridgehead atoms. The second-order valence-electron chi connectivity index (χ2n) is 5.74. The normalized spacial score (nSPS) is 10.5. The van der Waals surface area contributed by atoms with Gasteiger partial charge in [-0.05, 0) is 24.3 Å². The molecule has 10 heteroatoms. The quantitative estimate of drug-likeness (QED) is 0.369. The van der Waals surface area contributed by atoms with Crippen molar-refractivity contribution in [3.05, 3.63) is 58.6 Å². The molecular weight excluding hydrogens is 382 g/mol. The number of amides is 1. The summed E-state index contributed by atoms with van der Waals surface area (Å²) >= 11 is 1.23. The topological polar surface area (TPSA) is 112 Å². The van der Waals surface area contributed by atoms with Gasteiger partial charge in [0.1, 0.15) is 5.75 Å². The van der Waals surface area contributed by atoms with Crippen LogP contribution in [-0.4, -0.2) is 38.5 Å². The number of ether oxygens (including phenoxy) is 1. The summed E-state index contributed by atoms with van der Waals surface area (Å²) in [5.41, 5.74) is 1.23. The number of nitrogens with one attached hydrogen (secondary N) is 1. The number of rotatable bonds is 7. The van der Waals surface area contributed by atoms with Gasteiger partial charge in [-0.1, -0.05) is 23.9 Å². The standard InChI is InChI=1S/C18H17N5O4S/c1-22-17(12-4-3-5-14(10-12)23(25)26)20-21-18(22)28-11-16(24)19-13-6-8-15(27-2)9-7-13/h3-10H,11H2,1-2H3,(H,19,24). The summed E-state index contributed by atoms with van der Waals surface area (Å²) in [6.45, 7) is 0. The van der Waals surface area contributed by atoms with Crippen LogP contribution in [0.2, 0.25) is 0 Å². The van der Waals surface area contributed by atoms with Crippen molar-refractivity contribution in [1.29, 1.82) is 0 Å². The molecular formula is C18H17N5O4S. The van der Waals surface area contributed by atoms with Gasteiger partial charge in [0.05, 0.1) is 17.8 Å². The van der Waals surface area contributed by atoms with E-state index in [9.17, 15) is 14.9 Å². The Labute approximate surface area is 164 Å². The van der Waals surface area contributed by atoms with E-state index in [-0.39, 0.29) is 17.3 Å². The first-order valence-electron chi connectivity index (χ1n) is 8.19. The number of non-ortho nitro benzene ring substituents is 1. The summed E-state index contributed by atoms with van der Waals surface area (Å²) in [4.78, 5) is 22.6. The number of nitro benzene ring substituents is 1. The third-order valence-corrected chi connectivity index (χ3v) is 4.88. The molecule has 1 aromatic heterocycles. The number of carbonyl (C=O) groups excluding carboxylic acids is 1. The molecule has 9 nitrogen and oxygen atoms in total. The molecule has 0 aliphatic rings. The number of aromatic nitrogens is 3. The third-order valence-electron chi connectivity index (χ3n) is 3.86. The number of benzene rings is 2. The Bertz CT molecular complexity index is 1000. The highest BCUT2D eigenvalue weighted by molar-refractivity contribution is 7.99. The van der Waals surface area contributed by atoms with Gasteiger partial charge in [0.2, 0.25) is 5.91 Å². The van der Waals surface area contributed by atoms with Crippen LogP contribution in [0.4, 0.5) is 11.4 Å². The lowest BCUT2D eigenvalue weighted by Crippen LogP contribution is -2.14. The van der Waals surface area contributed by atoms with E-state index < -0.39 is 4.92 Å². The minimum Gasteiger partial charge on any atom is -0.497 e. The molecule has 2 aromatic carbocycles. The maximum absolute atomic E-state index is 12.2. The Kier molecular flexibility index (Phi) is 5.90. The van der Waals surface area contributed by atoms with Crippen molar-refractivity contribution >= 4 is 29.0 Å². The summed E-state index contributed by atoms with van der Waals surface area (Å²) in [7, 11) is 3.32. The average molecular weight is 399 g/mol. The van der Waals surface area contributed by atoms with Crippen LogP contribution >= 0.6 is 11.8 Å². The van der Waals surface area contributed by atoms with Crippen molar-refractivity contribution in [3.63, 3.8) is 0 Å². The summed E-state index contributed by atoms with van der Waals surface area (Å²) in [6.07, 6.45) is 0. The number of nitro groups is 1. The molecule has 3 aromatic rings. The minimum atomic E-state index is -0.459. The van der Waals surface area contributed by atoms with Crippen LogP contribution in [0.1, 0.15) is 0 Å². The summed E-state index contributed by atoms with van der Waals surface area (Å²) < 4.78 is 6.78. The van der Waals surface area contributed by atoms with Crippen molar-refractivity contribution in [2.75, 3.05) is 18.2 Å². The van der Waals surface area contributed by atoms with Crippen molar-refractivity contribution in [3.8, 4) is 17.1 Å². The maximum Gasteiger partial charge on any atom is 0.270 e. The molecule has 0 unspecified atom stereocenters. The van der Waals surface area contributed by atoms with E-state index >= 15 is 0 Å². The van der Waals surface area contributed by atoms with Crippen molar-refractivity contribution in [2.24, 2.45) is 7.05 Å². The Hall–Kier alpha value is -3.40. The predicted molar refractivity (Wildman–Crippen MR) is 105 cm³/mol. The Morgan fingerprint density at radius 1 is 1.25 bits per heavy atom. The zero-order valence-corrected chi connectivity index (χ0v) is 16.0. The molecule has 0 aliphatic carbocycles. The van der Waals surface area contributed by atoms with Crippen molar-refractivity contribution < 1.29 is 14.5 Å². The fourth-order valence-electron chi connectivity index (χ4n) is 2.45. The lowest BCUT2D eigenvalue weighted by atomic mass is 10.2. The summed E-state index contributed by atoms with van der Waals surface area (Å²) in [5, 5.41) is 22.4. The molecule has 0 radical (unpaired) electrons. The van der Waals surface area contributed by atoms with E-state index in [1.807, 2.05) is 0 Å². The van der Waals surface area contributed by atoms with E-state index in [0.717, 1.165) is 0 Å². The van der Waals surface area contributed by atoms with Gasteiger partial charge in [-0.15, -0.1) is 10.2 Å². The number of methoxy groups -OCH3 is 1. The van der Waals surface area contributed by atoms with E-state index in [2.05, 4.69) is 15.5 Å². The summed E-state index contributed by atoms with van der Waals surface area (Å²) in [5.74, 6) is 1.16.